The standard InChI is InChI=1S/C17H19N5S/c1-13-19-17(23-20-13)22-10-8-21(9-11-22)12-15-5-2-4-14-6-3-7-18-16(14)15/h2-7H,8-12H2,1H3. The summed E-state index contributed by atoms with van der Waals surface area (Å²) in [5.74, 6) is 0.870. The normalized spacial score (nSPS) is 16.1. The average molecular weight is 325 g/mol. The highest BCUT2D eigenvalue weighted by molar-refractivity contribution is 7.09. The number of anilines is 1. The number of benzene rings is 1. The van der Waals surface area contributed by atoms with Crippen molar-refractivity contribution in [3.05, 3.63) is 47.9 Å². The molecule has 2 aromatic heterocycles. The summed E-state index contributed by atoms with van der Waals surface area (Å²) in [5, 5.41) is 2.27. The van der Waals surface area contributed by atoms with Crippen LogP contribution in [0.1, 0.15) is 11.4 Å². The van der Waals surface area contributed by atoms with E-state index >= 15 is 0 Å². The first-order valence-corrected chi connectivity index (χ1v) is 8.67. The van der Waals surface area contributed by atoms with Crippen LogP contribution in [-0.2, 0) is 6.54 Å². The predicted octanol–water partition coefficient (Wildman–Crippen LogP) is 2.72. The molecule has 3 aromatic rings. The van der Waals surface area contributed by atoms with Gasteiger partial charge in [0.25, 0.3) is 0 Å². The second-order valence-corrected chi connectivity index (χ2v) is 6.61. The molecule has 23 heavy (non-hydrogen) atoms. The SMILES string of the molecule is Cc1nsc(N2CCN(Cc3cccc4cccnc34)CC2)n1. The average Bonchev–Trinajstić information content (AvgIpc) is 3.02. The minimum absolute atomic E-state index is 0.870. The van der Waals surface area contributed by atoms with E-state index in [0.29, 0.717) is 0 Å². The van der Waals surface area contributed by atoms with Crippen molar-refractivity contribution in [2.24, 2.45) is 0 Å². The molecule has 0 unspecified atom stereocenters. The highest BCUT2D eigenvalue weighted by atomic mass is 32.1. The van der Waals surface area contributed by atoms with Gasteiger partial charge >= 0.3 is 0 Å². The Morgan fingerprint density at radius 3 is 2.70 bits per heavy atom. The Bertz CT molecular complexity index is 802. The molecule has 5 nitrogen and oxygen atoms in total. The number of nitrogens with zero attached hydrogens (tertiary/aromatic N) is 5. The van der Waals surface area contributed by atoms with Crippen molar-refractivity contribution < 1.29 is 0 Å². The Labute approximate surface area is 139 Å². The van der Waals surface area contributed by atoms with Crippen LogP contribution in [0.2, 0.25) is 0 Å². The quantitative estimate of drug-likeness (QED) is 0.741. The fraction of sp³-hybridized carbons (Fsp3) is 0.353. The first kappa shape index (κ1) is 14.5. The van der Waals surface area contributed by atoms with Gasteiger partial charge in [-0.1, -0.05) is 24.3 Å². The summed E-state index contributed by atoms with van der Waals surface area (Å²) >= 11 is 1.50. The van der Waals surface area contributed by atoms with Crippen LogP contribution >= 0.6 is 11.5 Å². The monoisotopic (exact) mass is 325 g/mol. The zero-order valence-electron chi connectivity index (χ0n) is 13.1. The summed E-state index contributed by atoms with van der Waals surface area (Å²) in [4.78, 5) is 13.9. The van der Waals surface area contributed by atoms with Gasteiger partial charge in [-0.2, -0.15) is 4.37 Å². The topological polar surface area (TPSA) is 45.2 Å². The van der Waals surface area contributed by atoms with Crippen molar-refractivity contribution in [2.45, 2.75) is 13.5 Å². The molecule has 3 heterocycles. The number of aromatic nitrogens is 3. The van der Waals surface area contributed by atoms with Gasteiger partial charge in [0.1, 0.15) is 5.82 Å². The second-order valence-electron chi connectivity index (χ2n) is 5.88. The first-order valence-electron chi connectivity index (χ1n) is 7.90. The molecule has 6 heteroatoms. The molecule has 0 aliphatic carbocycles. The summed E-state index contributed by atoms with van der Waals surface area (Å²) in [7, 11) is 0. The number of para-hydroxylation sites is 1. The smallest absolute Gasteiger partial charge is 0.205 e. The number of rotatable bonds is 3. The van der Waals surface area contributed by atoms with E-state index in [1.807, 2.05) is 19.2 Å². The summed E-state index contributed by atoms with van der Waals surface area (Å²) in [6.45, 7) is 7.00. The Morgan fingerprint density at radius 1 is 1.09 bits per heavy atom. The molecule has 4 rings (SSSR count). The zero-order chi connectivity index (χ0) is 15.6. The molecule has 0 radical (unpaired) electrons. The van der Waals surface area contributed by atoms with Crippen LogP contribution in [-0.4, -0.2) is 45.4 Å². The van der Waals surface area contributed by atoms with Crippen LogP contribution in [0.5, 0.6) is 0 Å². The molecule has 0 bridgehead atoms. The highest BCUT2D eigenvalue weighted by Gasteiger charge is 2.20. The number of pyridine rings is 1. The maximum atomic E-state index is 4.56. The lowest BCUT2D eigenvalue weighted by atomic mass is 10.1. The third kappa shape index (κ3) is 3.04. The van der Waals surface area contributed by atoms with Crippen LogP contribution in [0.25, 0.3) is 10.9 Å². The Kier molecular flexibility index (Phi) is 3.93. The van der Waals surface area contributed by atoms with Crippen molar-refractivity contribution in [1.29, 1.82) is 0 Å². The van der Waals surface area contributed by atoms with Crippen molar-refractivity contribution >= 4 is 27.6 Å². The zero-order valence-corrected chi connectivity index (χ0v) is 14.0. The molecule has 1 fully saturated rings. The molecule has 1 aliphatic heterocycles. The van der Waals surface area contributed by atoms with Crippen molar-refractivity contribution in [3.63, 3.8) is 0 Å². The van der Waals surface area contributed by atoms with Gasteiger partial charge in [-0.3, -0.25) is 9.88 Å². The molecule has 1 aromatic carbocycles. The summed E-state index contributed by atoms with van der Waals surface area (Å²) in [6.07, 6.45) is 1.88. The molecule has 1 saturated heterocycles. The van der Waals surface area contributed by atoms with Gasteiger partial charge in [-0.25, -0.2) is 4.98 Å². The van der Waals surface area contributed by atoms with Crippen LogP contribution < -0.4 is 4.90 Å². The van der Waals surface area contributed by atoms with Crippen LogP contribution in [0, 0.1) is 6.92 Å². The van der Waals surface area contributed by atoms with E-state index in [-0.39, 0.29) is 0 Å². The lowest BCUT2D eigenvalue weighted by molar-refractivity contribution is 0.250. The number of hydrogen-bond acceptors (Lipinski definition) is 6. The van der Waals surface area contributed by atoms with Gasteiger partial charge in [-0.15, -0.1) is 0 Å². The third-order valence-electron chi connectivity index (χ3n) is 4.27. The lowest BCUT2D eigenvalue weighted by Gasteiger charge is -2.34. The van der Waals surface area contributed by atoms with Gasteiger partial charge in [0, 0.05) is 55.8 Å². The maximum absolute atomic E-state index is 4.56. The molecule has 0 atom stereocenters. The predicted molar refractivity (Wildman–Crippen MR) is 93.9 cm³/mol. The van der Waals surface area contributed by atoms with E-state index in [4.69, 9.17) is 0 Å². The third-order valence-corrected chi connectivity index (χ3v) is 5.14. The molecular formula is C17H19N5S. The lowest BCUT2D eigenvalue weighted by Crippen LogP contribution is -2.46. The highest BCUT2D eigenvalue weighted by Crippen LogP contribution is 2.21. The van der Waals surface area contributed by atoms with Gasteiger partial charge in [0.15, 0.2) is 0 Å². The Hall–Kier alpha value is -2.05. The molecule has 1 aliphatic rings. The second kappa shape index (κ2) is 6.22. The van der Waals surface area contributed by atoms with E-state index < -0.39 is 0 Å². The van der Waals surface area contributed by atoms with Crippen LogP contribution in [0.4, 0.5) is 5.13 Å². The number of piperazine rings is 1. The summed E-state index contributed by atoms with van der Waals surface area (Å²) in [6, 6.07) is 10.6. The van der Waals surface area contributed by atoms with E-state index in [9.17, 15) is 0 Å². The Balaban J connectivity index is 1.44. The fourth-order valence-electron chi connectivity index (χ4n) is 3.05. The number of aryl methyl sites for hydroxylation is 1. The molecule has 0 spiro atoms. The first-order chi connectivity index (χ1) is 11.3. The molecule has 118 valence electrons. The molecule has 0 amide bonds. The number of fused-ring (bicyclic) bond motifs is 1. The number of hydrogen-bond donors (Lipinski definition) is 0. The fourth-order valence-corrected chi connectivity index (χ4v) is 3.77. The van der Waals surface area contributed by atoms with Crippen molar-refractivity contribution in [2.75, 3.05) is 31.1 Å². The van der Waals surface area contributed by atoms with Gasteiger partial charge in [0.05, 0.1) is 5.52 Å². The van der Waals surface area contributed by atoms with Crippen molar-refractivity contribution in [1.82, 2.24) is 19.2 Å². The summed E-state index contributed by atoms with van der Waals surface area (Å²) < 4.78 is 4.28. The Morgan fingerprint density at radius 2 is 1.91 bits per heavy atom. The minimum Gasteiger partial charge on any atom is -0.344 e. The van der Waals surface area contributed by atoms with Gasteiger partial charge in [0.2, 0.25) is 5.13 Å². The van der Waals surface area contributed by atoms with Gasteiger partial charge < -0.3 is 4.90 Å². The van der Waals surface area contributed by atoms with E-state index in [0.717, 1.165) is 49.2 Å². The van der Waals surface area contributed by atoms with Crippen LogP contribution in [0.15, 0.2) is 36.5 Å². The van der Waals surface area contributed by atoms with Crippen LogP contribution in [0.3, 0.4) is 0 Å². The van der Waals surface area contributed by atoms with E-state index in [1.165, 1.54) is 22.5 Å². The summed E-state index contributed by atoms with van der Waals surface area (Å²) in [5.41, 5.74) is 2.43. The van der Waals surface area contributed by atoms with Gasteiger partial charge in [-0.05, 0) is 18.6 Å². The minimum atomic E-state index is 0.870. The van der Waals surface area contributed by atoms with E-state index in [1.54, 1.807) is 0 Å². The molecule has 0 N–H and O–H groups in total. The van der Waals surface area contributed by atoms with E-state index in [2.05, 4.69) is 48.4 Å². The maximum Gasteiger partial charge on any atom is 0.205 e. The van der Waals surface area contributed by atoms with Crippen molar-refractivity contribution in [3.8, 4) is 0 Å². The molecule has 0 saturated carbocycles. The molecular weight excluding hydrogens is 306 g/mol. The largest absolute Gasteiger partial charge is 0.344 e.